The molecule has 0 spiro atoms. The number of nitrogens with zero attached hydrogens (tertiary/aromatic N) is 2. The van der Waals surface area contributed by atoms with Gasteiger partial charge in [-0.2, -0.15) is 0 Å². The van der Waals surface area contributed by atoms with Gasteiger partial charge in [0, 0.05) is 18.6 Å². The molecule has 2 bridgehead atoms. The van der Waals surface area contributed by atoms with Gasteiger partial charge in [-0.25, -0.2) is 4.79 Å². The fraction of sp³-hybridized carbons (Fsp3) is 0.632. The summed E-state index contributed by atoms with van der Waals surface area (Å²) in [5.41, 5.74) is 0.351. The predicted octanol–water partition coefficient (Wildman–Crippen LogP) is 2.63. The molecule has 0 aromatic heterocycles. The molecule has 2 heterocycles. The van der Waals surface area contributed by atoms with E-state index in [1.807, 2.05) is 49.3 Å². The third-order valence-electron chi connectivity index (χ3n) is 5.29. The molecule has 0 saturated carbocycles. The number of carbonyl (C=O) groups excluding carboxylic acids is 1. The van der Waals surface area contributed by atoms with Gasteiger partial charge in [0.15, 0.2) is 0 Å². The molecule has 24 heavy (non-hydrogen) atoms. The van der Waals surface area contributed by atoms with E-state index in [4.69, 9.17) is 4.74 Å². The van der Waals surface area contributed by atoms with Gasteiger partial charge >= 0.3 is 6.09 Å². The smallest absolute Gasteiger partial charge is 0.410 e. The van der Waals surface area contributed by atoms with Crippen LogP contribution in [0, 0.1) is 0 Å². The van der Waals surface area contributed by atoms with Crippen LogP contribution in [-0.4, -0.2) is 59.3 Å². The van der Waals surface area contributed by atoms with Crippen LogP contribution in [0.1, 0.15) is 37.7 Å². The first-order valence-electron chi connectivity index (χ1n) is 8.83. The number of fused-ring (bicyclic) bond motifs is 2. The van der Waals surface area contributed by atoms with E-state index in [1.165, 1.54) is 0 Å². The molecule has 1 aromatic rings. The minimum absolute atomic E-state index is 0.110. The predicted molar refractivity (Wildman–Crippen MR) is 92.6 cm³/mol. The maximum absolute atomic E-state index is 12.5. The van der Waals surface area contributed by atoms with Crippen LogP contribution < -0.4 is 0 Å². The van der Waals surface area contributed by atoms with Crippen LogP contribution in [0.5, 0.6) is 0 Å². The molecular weight excluding hydrogens is 304 g/mol. The first-order chi connectivity index (χ1) is 11.5. The van der Waals surface area contributed by atoms with E-state index in [2.05, 4.69) is 4.90 Å². The number of piperidine rings is 1. The standard InChI is InChI=1S/C19H28N2O3/c1-20(2)11-10-19(23)12-16-8-9-17(13-19)21(16)18(22)24-14-15-6-4-3-5-7-15/h3-7,16-17,23H,8-14H2,1-2H3. The number of benzene rings is 1. The molecule has 5 heteroatoms. The van der Waals surface area contributed by atoms with Crippen LogP contribution in [0.25, 0.3) is 0 Å². The number of aliphatic hydroxyl groups is 1. The zero-order valence-corrected chi connectivity index (χ0v) is 14.6. The molecule has 0 radical (unpaired) electrons. The van der Waals surface area contributed by atoms with Crippen LogP contribution in [0.4, 0.5) is 4.79 Å². The molecule has 3 rings (SSSR count). The average molecular weight is 332 g/mol. The Hall–Kier alpha value is -1.59. The molecule has 2 aliphatic rings. The van der Waals surface area contributed by atoms with Crippen molar-refractivity contribution in [3.8, 4) is 0 Å². The Morgan fingerprint density at radius 2 is 1.88 bits per heavy atom. The number of hydrogen-bond donors (Lipinski definition) is 1. The second-order valence-corrected chi connectivity index (χ2v) is 7.52. The Balaban J connectivity index is 1.57. The molecule has 5 nitrogen and oxygen atoms in total. The summed E-state index contributed by atoms with van der Waals surface area (Å²) in [6.45, 7) is 1.18. The van der Waals surface area contributed by atoms with E-state index in [-0.39, 0.29) is 18.2 Å². The van der Waals surface area contributed by atoms with E-state index >= 15 is 0 Å². The Labute approximate surface area is 144 Å². The topological polar surface area (TPSA) is 53.0 Å². The molecule has 1 amide bonds. The summed E-state index contributed by atoms with van der Waals surface area (Å²) in [7, 11) is 4.04. The summed E-state index contributed by atoms with van der Waals surface area (Å²) in [6, 6.07) is 9.97. The molecule has 1 N–H and O–H groups in total. The zero-order chi connectivity index (χ0) is 17.2. The monoisotopic (exact) mass is 332 g/mol. The first-order valence-corrected chi connectivity index (χ1v) is 8.83. The van der Waals surface area contributed by atoms with Gasteiger partial charge in [-0.05, 0) is 51.8 Å². The normalized spacial score (nSPS) is 29.1. The van der Waals surface area contributed by atoms with Gasteiger partial charge in [-0.1, -0.05) is 30.3 Å². The second kappa shape index (κ2) is 7.11. The van der Waals surface area contributed by atoms with E-state index in [0.29, 0.717) is 19.4 Å². The molecule has 132 valence electrons. The van der Waals surface area contributed by atoms with Gasteiger partial charge in [0.05, 0.1) is 5.60 Å². The lowest BCUT2D eigenvalue weighted by atomic mass is 9.83. The molecule has 2 fully saturated rings. The highest BCUT2D eigenvalue weighted by molar-refractivity contribution is 5.69. The number of carbonyl (C=O) groups is 1. The highest BCUT2D eigenvalue weighted by atomic mass is 16.6. The summed E-state index contributed by atoms with van der Waals surface area (Å²) in [4.78, 5) is 16.5. The fourth-order valence-corrected chi connectivity index (χ4v) is 4.05. The Morgan fingerprint density at radius 1 is 1.25 bits per heavy atom. The summed E-state index contributed by atoms with van der Waals surface area (Å²) < 4.78 is 5.51. The lowest BCUT2D eigenvalue weighted by Crippen LogP contribution is -2.53. The van der Waals surface area contributed by atoms with Crippen molar-refractivity contribution in [2.75, 3.05) is 20.6 Å². The van der Waals surface area contributed by atoms with Gasteiger partial charge in [-0.15, -0.1) is 0 Å². The fourth-order valence-electron chi connectivity index (χ4n) is 4.05. The van der Waals surface area contributed by atoms with Gasteiger partial charge in [-0.3, -0.25) is 0 Å². The van der Waals surface area contributed by atoms with Crippen molar-refractivity contribution >= 4 is 6.09 Å². The van der Waals surface area contributed by atoms with Crippen LogP contribution in [0.3, 0.4) is 0 Å². The first kappa shape index (κ1) is 17.2. The van der Waals surface area contributed by atoms with E-state index in [0.717, 1.165) is 31.4 Å². The Kier molecular flexibility index (Phi) is 5.11. The van der Waals surface area contributed by atoms with Crippen molar-refractivity contribution in [3.63, 3.8) is 0 Å². The SMILES string of the molecule is CN(C)CCC1(O)CC2CCC(C1)N2C(=O)OCc1ccccc1. The van der Waals surface area contributed by atoms with Crippen LogP contribution in [0.2, 0.25) is 0 Å². The Morgan fingerprint density at radius 3 is 2.46 bits per heavy atom. The van der Waals surface area contributed by atoms with Crippen molar-refractivity contribution in [1.29, 1.82) is 0 Å². The quantitative estimate of drug-likeness (QED) is 0.901. The van der Waals surface area contributed by atoms with Crippen LogP contribution in [0.15, 0.2) is 30.3 Å². The van der Waals surface area contributed by atoms with E-state index < -0.39 is 5.60 Å². The van der Waals surface area contributed by atoms with Crippen molar-refractivity contribution < 1.29 is 14.6 Å². The molecule has 2 saturated heterocycles. The lowest BCUT2D eigenvalue weighted by Gasteiger charge is -2.43. The lowest BCUT2D eigenvalue weighted by molar-refractivity contribution is -0.0568. The highest BCUT2D eigenvalue weighted by Crippen LogP contribution is 2.42. The number of rotatable bonds is 5. The largest absolute Gasteiger partial charge is 0.445 e. The summed E-state index contributed by atoms with van der Waals surface area (Å²) >= 11 is 0. The summed E-state index contributed by atoms with van der Waals surface area (Å²) in [5, 5.41) is 10.9. The maximum atomic E-state index is 12.5. The third-order valence-corrected chi connectivity index (χ3v) is 5.29. The van der Waals surface area contributed by atoms with Crippen LogP contribution >= 0.6 is 0 Å². The minimum atomic E-state index is -0.647. The summed E-state index contributed by atoms with van der Waals surface area (Å²) in [6.07, 6.45) is 3.79. The maximum Gasteiger partial charge on any atom is 0.410 e. The van der Waals surface area contributed by atoms with Crippen molar-refractivity contribution in [1.82, 2.24) is 9.80 Å². The second-order valence-electron chi connectivity index (χ2n) is 7.52. The van der Waals surface area contributed by atoms with E-state index in [1.54, 1.807) is 0 Å². The van der Waals surface area contributed by atoms with Gasteiger partial charge in [0.1, 0.15) is 6.61 Å². The van der Waals surface area contributed by atoms with Crippen molar-refractivity contribution in [2.45, 2.75) is 56.4 Å². The van der Waals surface area contributed by atoms with E-state index in [9.17, 15) is 9.90 Å². The van der Waals surface area contributed by atoms with Gasteiger partial charge in [0.25, 0.3) is 0 Å². The number of hydrogen-bond acceptors (Lipinski definition) is 4. The minimum Gasteiger partial charge on any atom is -0.445 e. The average Bonchev–Trinajstić information content (AvgIpc) is 2.85. The zero-order valence-electron chi connectivity index (χ0n) is 14.6. The van der Waals surface area contributed by atoms with Gasteiger partial charge in [0.2, 0.25) is 0 Å². The number of amides is 1. The molecule has 0 aliphatic carbocycles. The molecular formula is C19H28N2O3. The summed E-state index contributed by atoms with van der Waals surface area (Å²) in [5.74, 6) is 0. The van der Waals surface area contributed by atoms with Crippen molar-refractivity contribution in [2.24, 2.45) is 0 Å². The van der Waals surface area contributed by atoms with Crippen LogP contribution in [-0.2, 0) is 11.3 Å². The van der Waals surface area contributed by atoms with Crippen molar-refractivity contribution in [3.05, 3.63) is 35.9 Å². The molecule has 1 aromatic carbocycles. The number of ether oxygens (including phenoxy) is 1. The highest BCUT2D eigenvalue weighted by Gasteiger charge is 2.49. The molecule has 2 unspecified atom stereocenters. The molecule has 2 atom stereocenters. The Bertz CT molecular complexity index is 547. The third kappa shape index (κ3) is 3.90. The van der Waals surface area contributed by atoms with Gasteiger partial charge < -0.3 is 19.6 Å². The molecule has 2 aliphatic heterocycles.